The number of amides is 9. The SMILES string of the molecule is CC(C)C[C@H](NC(=O)[C@H](CO)NC(=O)[C@@H](NC(=O)[C@@H]1CCCN1C(=O)[C@@H](N)Cc1ccc(O)cc1)[C@H](C)O)C(=O)O.CC(C)[C@H](NC(=O)[C@H](C)N)C(=O)N1CCC[C@H]1C(=O)[C@@H](Cc1ccc(O)cc1)N1CCC[C@@]1(C)C(=O)N[C@@H](CCC(N)=O)C(=O)N[C@@H](CCCN=C(N)N)C(=O)O. The minimum atomic E-state index is -1.54. The van der Waals surface area contributed by atoms with Gasteiger partial charge in [0, 0.05) is 32.6 Å². The summed E-state index contributed by atoms with van der Waals surface area (Å²) in [6.07, 6.45) is 1.11. The molecule has 22 N–H and O–H groups in total. The molecule has 3 heterocycles. The first-order valence-corrected chi connectivity index (χ1v) is 32.9. The number of guanidine groups is 1. The molecule has 3 aliphatic heterocycles. The molecule has 3 saturated heterocycles. The summed E-state index contributed by atoms with van der Waals surface area (Å²) in [6.45, 7) is 11.6. The van der Waals surface area contributed by atoms with Crippen LogP contribution in [0.15, 0.2) is 53.5 Å². The van der Waals surface area contributed by atoms with E-state index in [1.54, 1.807) is 63.8 Å². The van der Waals surface area contributed by atoms with Crippen molar-refractivity contribution in [3.8, 4) is 11.5 Å². The van der Waals surface area contributed by atoms with E-state index in [1.807, 2.05) is 0 Å². The standard InChI is InChI=1S/C38H60N10O9.C27H41N5O9/c1-21(2)30(46-32(52)22(3)39)34(54)47-18-6-9-27(47)31(51)28(20-23-10-12-24(49)13-11-23)48-19-7-16-38(48,4)36(57)45-25(14-15-29(40)50)33(53)44-26(35(55)56)8-5-17-43-37(41)42;1-14(2)11-19(27(40)41)29-23(36)20(13-33)30-25(38)22(15(3)34)31-24(37)21-5-4-10-32(21)26(39)18(28)12-16-6-8-17(35)9-7-16/h10-13,21-22,25-28,30,49H,5-9,14-20,39H2,1-4H3,(H2,40,50)(H,44,53)(H,45,57)(H,46,52)(H,55,56)(H4,41,42,43);6-9,14-15,18-22,33-35H,4-5,10-13,28H2,1-3H3,(H,29,36)(H,30,38)(H,31,37)(H,40,41)/t22-,25-,26-,27-,28+,30-,38-;15-,18-,19-,20-,21-,22-/m00/s1. The fraction of sp³-hybridized carbons (Fsp3) is 0.615. The number of aliphatic hydroxyl groups is 2. The highest BCUT2D eigenvalue weighted by Gasteiger charge is 2.52. The van der Waals surface area contributed by atoms with E-state index in [4.69, 9.17) is 28.7 Å². The van der Waals surface area contributed by atoms with Crippen molar-refractivity contribution in [1.29, 1.82) is 0 Å². The van der Waals surface area contributed by atoms with Crippen molar-refractivity contribution in [2.45, 2.75) is 210 Å². The van der Waals surface area contributed by atoms with Gasteiger partial charge in [0.1, 0.15) is 53.8 Å². The summed E-state index contributed by atoms with van der Waals surface area (Å²) in [6, 6.07) is -0.0707. The molecule has 0 aliphatic carbocycles. The van der Waals surface area contributed by atoms with Gasteiger partial charge in [-0.15, -0.1) is 0 Å². The van der Waals surface area contributed by atoms with Crippen LogP contribution in [0.5, 0.6) is 11.5 Å². The number of nitrogens with one attached hydrogen (secondary N) is 6. The molecule has 0 spiro atoms. The number of carbonyl (C=O) groups is 12. The first-order chi connectivity index (χ1) is 46.0. The number of phenols is 2. The van der Waals surface area contributed by atoms with E-state index in [0.29, 0.717) is 44.2 Å². The summed E-state index contributed by atoms with van der Waals surface area (Å²) in [5, 5.41) is 73.3. The number of aliphatic hydroxyl groups excluding tert-OH is 2. The van der Waals surface area contributed by atoms with Gasteiger partial charge in [0.2, 0.25) is 53.2 Å². The number of hydrogen-bond acceptors (Lipinski definition) is 20. The summed E-state index contributed by atoms with van der Waals surface area (Å²) < 4.78 is 0. The fourth-order valence-corrected chi connectivity index (χ4v) is 11.9. The number of phenolic OH excluding ortho intramolecular Hbond substituents is 2. The molecule has 544 valence electrons. The van der Waals surface area contributed by atoms with Crippen molar-refractivity contribution in [2.75, 3.05) is 32.8 Å². The van der Waals surface area contributed by atoms with Crippen LogP contribution in [0.1, 0.15) is 130 Å². The number of rotatable bonds is 35. The number of carboxylic acids is 2. The van der Waals surface area contributed by atoms with Gasteiger partial charge >= 0.3 is 11.9 Å². The molecule has 0 saturated carbocycles. The van der Waals surface area contributed by atoms with Crippen LogP contribution in [0.25, 0.3) is 0 Å². The molecular formula is C65H101N15O18. The van der Waals surface area contributed by atoms with Gasteiger partial charge < -0.3 is 101 Å². The van der Waals surface area contributed by atoms with E-state index in [9.17, 15) is 88.2 Å². The number of carboxylic acid groups (broad SMARTS) is 2. The number of nitrogens with zero attached hydrogens (tertiary/aromatic N) is 4. The van der Waals surface area contributed by atoms with E-state index >= 15 is 0 Å². The van der Waals surface area contributed by atoms with Crippen LogP contribution in [0.3, 0.4) is 0 Å². The lowest BCUT2D eigenvalue weighted by atomic mass is 9.89. The largest absolute Gasteiger partial charge is 0.508 e. The zero-order chi connectivity index (χ0) is 73.5. The second kappa shape index (κ2) is 38.2. The maximum absolute atomic E-state index is 14.9. The van der Waals surface area contributed by atoms with Crippen molar-refractivity contribution >= 4 is 76.8 Å². The Morgan fingerprint density at radius 2 is 1.14 bits per heavy atom. The zero-order valence-corrected chi connectivity index (χ0v) is 56.7. The third-order valence-corrected chi connectivity index (χ3v) is 17.4. The molecule has 3 aliphatic rings. The van der Waals surface area contributed by atoms with Crippen LogP contribution in [-0.2, 0) is 70.4 Å². The third-order valence-electron chi connectivity index (χ3n) is 17.4. The van der Waals surface area contributed by atoms with Crippen molar-refractivity contribution in [1.82, 2.24) is 46.6 Å². The fourth-order valence-electron chi connectivity index (χ4n) is 11.9. The normalized spacial score (nSPS) is 19.9. The van der Waals surface area contributed by atoms with Crippen molar-refractivity contribution in [3.63, 3.8) is 0 Å². The highest BCUT2D eigenvalue weighted by Crippen LogP contribution is 2.35. The highest BCUT2D eigenvalue weighted by molar-refractivity contribution is 5.99. The first kappa shape index (κ1) is 81.4. The molecule has 0 unspecified atom stereocenters. The lowest BCUT2D eigenvalue weighted by Gasteiger charge is -2.41. The van der Waals surface area contributed by atoms with E-state index in [1.165, 1.54) is 47.9 Å². The quantitative estimate of drug-likeness (QED) is 0.0183. The molecule has 3 fully saturated rings. The Morgan fingerprint density at radius 3 is 1.65 bits per heavy atom. The van der Waals surface area contributed by atoms with Gasteiger partial charge in [-0.05, 0) is 145 Å². The van der Waals surface area contributed by atoms with Gasteiger partial charge in [-0.2, -0.15) is 0 Å². The van der Waals surface area contributed by atoms with Crippen LogP contribution in [0.4, 0.5) is 0 Å². The average Bonchev–Trinajstić information content (AvgIpc) is 1.58. The summed E-state index contributed by atoms with van der Waals surface area (Å²) in [7, 11) is 0. The zero-order valence-electron chi connectivity index (χ0n) is 56.7. The van der Waals surface area contributed by atoms with Gasteiger partial charge in [0.15, 0.2) is 11.7 Å². The number of aliphatic imine (C=N–C) groups is 1. The number of primary amides is 1. The van der Waals surface area contributed by atoms with Crippen LogP contribution in [-0.4, -0.2) is 233 Å². The summed E-state index contributed by atoms with van der Waals surface area (Å²) in [5.74, 6) is -9.62. The molecule has 98 heavy (non-hydrogen) atoms. The predicted octanol–water partition coefficient (Wildman–Crippen LogP) is -3.21. The molecule has 33 nitrogen and oxygen atoms in total. The Bertz CT molecular complexity index is 3130. The Balaban J connectivity index is 0.000000440. The van der Waals surface area contributed by atoms with Crippen molar-refractivity contribution in [3.05, 3.63) is 59.7 Å². The highest BCUT2D eigenvalue weighted by atomic mass is 16.4. The Morgan fingerprint density at radius 1 is 0.612 bits per heavy atom. The molecule has 33 heteroatoms. The average molecular weight is 1380 g/mol. The van der Waals surface area contributed by atoms with Crippen LogP contribution >= 0.6 is 0 Å². The molecule has 2 aromatic rings. The summed E-state index contributed by atoms with van der Waals surface area (Å²) in [4.78, 5) is 165. The minimum Gasteiger partial charge on any atom is -0.508 e. The van der Waals surface area contributed by atoms with Crippen molar-refractivity contribution < 1.29 is 88.2 Å². The van der Waals surface area contributed by atoms with Gasteiger partial charge in [0.05, 0.1) is 42.4 Å². The lowest BCUT2D eigenvalue weighted by Crippen LogP contribution is -2.64. The molecule has 5 rings (SSSR count). The molecule has 2 aromatic carbocycles. The third kappa shape index (κ3) is 23.9. The number of aromatic hydroxyl groups is 2. The number of likely N-dealkylation sites (tertiary alicyclic amines) is 3. The summed E-state index contributed by atoms with van der Waals surface area (Å²) in [5.41, 5.74) is 28.0. The number of benzene rings is 2. The maximum atomic E-state index is 14.9. The van der Waals surface area contributed by atoms with Gasteiger partial charge in [-0.25, -0.2) is 9.59 Å². The summed E-state index contributed by atoms with van der Waals surface area (Å²) >= 11 is 0. The first-order valence-electron chi connectivity index (χ1n) is 32.9. The van der Waals surface area contributed by atoms with Gasteiger partial charge in [0.25, 0.3) is 0 Å². The van der Waals surface area contributed by atoms with Crippen molar-refractivity contribution in [2.24, 2.45) is 45.5 Å². The van der Waals surface area contributed by atoms with Crippen LogP contribution < -0.4 is 60.6 Å². The Labute approximate surface area is 569 Å². The smallest absolute Gasteiger partial charge is 0.326 e. The molecule has 0 radical (unpaired) electrons. The van der Waals surface area contributed by atoms with E-state index < -0.39 is 150 Å². The molecule has 13 atom stereocenters. The minimum absolute atomic E-state index is 0.0207. The maximum Gasteiger partial charge on any atom is 0.326 e. The molecule has 9 amide bonds. The lowest BCUT2D eigenvalue weighted by molar-refractivity contribution is -0.146. The molecule has 0 aromatic heterocycles. The second-order valence-electron chi connectivity index (χ2n) is 26.1. The predicted molar refractivity (Wildman–Crippen MR) is 356 cm³/mol. The van der Waals surface area contributed by atoms with Gasteiger partial charge in [-0.3, -0.25) is 57.8 Å². The number of carbonyl (C=O) groups excluding carboxylic acids is 10. The Kier molecular flexibility index (Phi) is 31.7. The Hall–Kier alpha value is -9.05. The topological polar surface area (TPSA) is 551 Å². The van der Waals surface area contributed by atoms with Crippen LogP contribution in [0.2, 0.25) is 0 Å². The number of hydrogen-bond donors (Lipinski definition) is 17. The number of nitrogens with two attached hydrogens (primary N) is 5. The monoisotopic (exact) mass is 1380 g/mol. The number of Topliss-reactive ketones (excluding diaryl/α,β-unsaturated/α-hetero) is 1. The van der Waals surface area contributed by atoms with E-state index in [-0.39, 0.29) is 106 Å². The van der Waals surface area contributed by atoms with Crippen LogP contribution in [0, 0.1) is 11.8 Å². The number of ketones is 1. The van der Waals surface area contributed by atoms with E-state index in [0.717, 1.165) is 5.56 Å². The molecular weight excluding hydrogens is 1280 g/mol. The second-order valence-corrected chi connectivity index (χ2v) is 26.1. The van der Waals surface area contributed by atoms with E-state index in [2.05, 4.69) is 36.9 Å². The van der Waals surface area contributed by atoms with Gasteiger partial charge in [-0.1, -0.05) is 52.0 Å². The number of aliphatic carboxylic acids is 2. The molecule has 0 bridgehead atoms.